The number of halogens is 2. The number of benzene rings is 1. The van der Waals surface area contributed by atoms with E-state index in [1.165, 1.54) is 12.3 Å². The lowest BCUT2D eigenvalue weighted by Crippen LogP contribution is -2.38. The van der Waals surface area contributed by atoms with E-state index in [-0.39, 0.29) is 11.7 Å². The standard InChI is InChI=1S/C16H13Cl2NO4.C2H4O2/c17-14(18)15(20)19-7-1-3-10-9-11(5-6-12(10)19)23-16(21)13-4-2-8-22-13;1-2(3)4/h2,4-6,8-9,14H,1,3,7H2;1H3,(H,3,4). The molecule has 9 heteroatoms. The number of esters is 1. The molecule has 1 amide bonds. The normalized spacial score (nSPS) is 12.7. The van der Waals surface area contributed by atoms with Gasteiger partial charge in [-0.1, -0.05) is 23.2 Å². The number of carboxylic acid groups (broad SMARTS) is 1. The highest BCUT2D eigenvalue weighted by Gasteiger charge is 2.27. The second kappa shape index (κ2) is 9.43. The van der Waals surface area contributed by atoms with E-state index in [1.807, 2.05) is 0 Å². The topological polar surface area (TPSA) is 97.0 Å². The molecule has 1 aromatic heterocycles. The summed E-state index contributed by atoms with van der Waals surface area (Å²) < 4.78 is 10.3. The van der Waals surface area contributed by atoms with Gasteiger partial charge in [0, 0.05) is 19.2 Å². The number of rotatable bonds is 3. The molecular weight excluding hydrogens is 397 g/mol. The Kier molecular flexibility index (Phi) is 7.27. The monoisotopic (exact) mass is 413 g/mol. The van der Waals surface area contributed by atoms with Crippen molar-refractivity contribution >= 4 is 46.7 Å². The highest BCUT2D eigenvalue weighted by atomic mass is 35.5. The number of carbonyl (C=O) groups is 3. The molecule has 2 aromatic rings. The van der Waals surface area contributed by atoms with E-state index < -0.39 is 16.8 Å². The van der Waals surface area contributed by atoms with Crippen molar-refractivity contribution in [2.75, 3.05) is 11.4 Å². The Labute approximate surface area is 165 Å². The Balaban J connectivity index is 0.000000596. The van der Waals surface area contributed by atoms with Crippen molar-refractivity contribution in [2.24, 2.45) is 0 Å². The van der Waals surface area contributed by atoms with Crippen molar-refractivity contribution in [3.8, 4) is 5.75 Å². The average molecular weight is 414 g/mol. The van der Waals surface area contributed by atoms with Crippen LogP contribution in [0.4, 0.5) is 5.69 Å². The van der Waals surface area contributed by atoms with Gasteiger partial charge in [-0.3, -0.25) is 9.59 Å². The molecule has 0 saturated carbocycles. The van der Waals surface area contributed by atoms with E-state index in [2.05, 4.69) is 0 Å². The number of nitrogens with zero attached hydrogens (tertiary/aromatic N) is 1. The Morgan fingerprint density at radius 2 is 1.96 bits per heavy atom. The van der Waals surface area contributed by atoms with E-state index in [9.17, 15) is 9.59 Å². The molecule has 1 aromatic carbocycles. The SMILES string of the molecule is CC(=O)O.O=C(Oc1ccc2c(c1)CCCN2C(=O)C(Cl)Cl)c1ccco1. The summed E-state index contributed by atoms with van der Waals surface area (Å²) in [6.07, 6.45) is 2.97. The molecule has 27 heavy (non-hydrogen) atoms. The third kappa shape index (κ3) is 5.74. The average Bonchev–Trinajstić information content (AvgIpc) is 3.14. The molecule has 0 radical (unpaired) electrons. The van der Waals surface area contributed by atoms with Gasteiger partial charge in [0.05, 0.1) is 6.26 Å². The van der Waals surface area contributed by atoms with Crippen LogP contribution in [0, 0.1) is 0 Å². The van der Waals surface area contributed by atoms with Crippen LogP contribution in [0.3, 0.4) is 0 Å². The summed E-state index contributed by atoms with van der Waals surface area (Å²) in [5, 5.41) is 7.42. The summed E-state index contributed by atoms with van der Waals surface area (Å²) in [4.78, 5) is 33.4. The van der Waals surface area contributed by atoms with Gasteiger partial charge in [0.1, 0.15) is 5.75 Å². The lowest BCUT2D eigenvalue weighted by Gasteiger charge is -2.30. The molecule has 2 heterocycles. The molecule has 144 valence electrons. The van der Waals surface area contributed by atoms with Gasteiger partial charge in [-0.25, -0.2) is 4.79 Å². The largest absolute Gasteiger partial charge is 0.481 e. The van der Waals surface area contributed by atoms with Crippen molar-refractivity contribution in [2.45, 2.75) is 24.6 Å². The maximum Gasteiger partial charge on any atom is 0.379 e. The zero-order chi connectivity index (χ0) is 20.0. The number of furan rings is 1. The zero-order valence-corrected chi connectivity index (χ0v) is 15.9. The molecule has 0 atom stereocenters. The van der Waals surface area contributed by atoms with Crippen molar-refractivity contribution in [3.05, 3.63) is 47.9 Å². The number of hydrogen-bond acceptors (Lipinski definition) is 5. The van der Waals surface area contributed by atoms with Gasteiger partial charge in [0.25, 0.3) is 11.9 Å². The summed E-state index contributed by atoms with van der Waals surface area (Å²) in [7, 11) is 0. The molecule has 7 nitrogen and oxygen atoms in total. The van der Waals surface area contributed by atoms with Crippen molar-refractivity contribution in [1.29, 1.82) is 0 Å². The Bertz CT molecular complexity index is 815. The van der Waals surface area contributed by atoms with Crippen LogP contribution in [0.1, 0.15) is 29.5 Å². The molecule has 1 aliphatic heterocycles. The molecular formula is C18H17Cl2NO6. The van der Waals surface area contributed by atoms with E-state index in [0.717, 1.165) is 31.0 Å². The van der Waals surface area contributed by atoms with Crippen molar-refractivity contribution in [1.82, 2.24) is 0 Å². The molecule has 0 unspecified atom stereocenters. The molecule has 0 aliphatic carbocycles. The minimum atomic E-state index is -1.10. The first-order valence-electron chi connectivity index (χ1n) is 7.97. The van der Waals surface area contributed by atoms with Crippen LogP contribution in [-0.4, -0.2) is 34.3 Å². The first kappa shape index (κ1) is 20.8. The van der Waals surface area contributed by atoms with Gasteiger partial charge in [0.2, 0.25) is 5.76 Å². The van der Waals surface area contributed by atoms with Crippen molar-refractivity contribution < 1.29 is 28.6 Å². The Morgan fingerprint density at radius 1 is 1.26 bits per heavy atom. The lowest BCUT2D eigenvalue weighted by atomic mass is 10.0. The summed E-state index contributed by atoms with van der Waals surface area (Å²) in [5.41, 5.74) is 1.65. The van der Waals surface area contributed by atoms with Gasteiger partial charge in [0.15, 0.2) is 4.84 Å². The fraction of sp³-hybridized carbons (Fsp3) is 0.278. The second-order valence-electron chi connectivity index (χ2n) is 5.57. The van der Waals surface area contributed by atoms with Crippen LogP contribution in [0.2, 0.25) is 0 Å². The number of carbonyl (C=O) groups excluding carboxylic acids is 2. The van der Waals surface area contributed by atoms with Crippen LogP contribution in [0.25, 0.3) is 0 Å². The minimum Gasteiger partial charge on any atom is -0.481 e. The molecule has 1 aliphatic rings. The fourth-order valence-corrected chi connectivity index (χ4v) is 2.77. The highest BCUT2D eigenvalue weighted by Crippen LogP contribution is 2.32. The number of aliphatic carboxylic acids is 1. The Morgan fingerprint density at radius 3 is 2.56 bits per heavy atom. The predicted molar refractivity (Wildman–Crippen MR) is 99.6 cm³/mol. The van der Waals surface area contributed by atoms with E-state index in [4.69, 9.17) is 42.3 Å². The summed E-state index contributed by atoms with van der Waals surface area (Å²) in [5.74, 6) is -1.23. The van der Waals surface area contributed by atoms with Crippen LogP contribution in [0.5, 0.6) is 5.75 Å². The number of ether oxygens (including phenoxy) is 1. The second-order valence-corrected chi connectivity index (χ2v) is 6.67. The highest BCUT2D eigenvalue weighted by molar-refractivity contribution is 6.54. The molecule has 0 spiro atoms. The molecule has 3 rings (SSSR count). The summed E-state index contributed by atoms with van der Waals surface area (Å²) in [6, 6.07) is 8.24. The van der Waals surface area contributed by atoms with Crippen LogP contribution < -0.4 is 9.64 Å². The Hall–Kier alpha value is -2.51. The van der Waals surface area contributed by atoms with Crippen LogP contribution in [-0.2, 0) is 16.0 Å². The van der Waals surface area contributed by atoms with Gasteiger partial charge in [-0.2, -0.15) is 0 Å². The number of fused-ring (bicyclic) bond motifs is 1. The van der Waals surface area contributed by atoms with E-state index in [1.54, 1.807) is 29.2 Å². The zero-order valence-electron chi connectivity index (χ0n) is 14.4. The van der Waals surface area contributed by atoms with Crippen molar-refractivity contribution in [3.63, 3.8) is 0 Å². The molecule has 0 bridgehead atoms. The van der Waals surface area contributed by atoms with Gasteiger partial charge in [-0.15, -0.1) is 0 Å². The maximum absolute atomic E-state index is 12.0. The number of alkyl halides is 2. The molecule has 0 saturated heterocycles. The maximum atomic E-state index is 12.0. The number of anilines is 1. The fourth-order valence-electron chi connectivity index (χ4n) is 2.54. The quantitative estimate of drug-likeness (QED) is 0.468. The van der Waals surface area contributed by atoms with Gasteiger partial charge >= 0.3 is 5.97 Å². The lowest BCUT2D eigenvalue weighted by molar-refractivity contribution is -0.134. The summed E-state index contributed by atoms with van der Waals surface area (Å²) >= 11 is 11.4. The number of hydrogen-bond donors (Lipinski definition) is 1. The summed E-state index contributed by atoms with van der Waals surface area (Å²) in [6.45, 7) is 1.65. The first-order valence-corrected chi connectivity index (χ1v) is 8.84. The molecule has 1 N–H and O–H groups in total. The number of aryl methyl sites for hydroxylation is 1. The van der Waals surface area contributed by atoms with Gasteiger partial charge in [-0.05, 0) is 48.7 Å². The van der Waals surface area contributed by atoms with E-state index in [0.29, 0.717) is 12.3 Å². The smallest absolute Gasteiger partial charge is 0.379 e. The van der Waals surface area contributed by atoms with E-state index >= 15 is 0 Å². The number of carboxylic acids is 1. The van der Waals surface area contributed by atoms with Crippen LogP contribution >= 0.6 is 23.2 Å². The van der Waals surface area contributed by atoms with Crippen LogP contribution in [0.15, 0.2) is 41.0 Å². The minimum absolute atomic E-state index is 0.131. The predicted octanol–water partition coefficient (Wildman–Crippen LogP) is 3.67. The van der Waals surface area contributed by atoms with Gasteiger partial charge < -0.3 is 19.2 Å². The number of amides is 1. The first-order chi connectivity index (χ1) is 12.8. The third-order valence-electron chi connectivity index (χ3n) is 3.56. The molecule has 0 fully saturated rings. The third-order valence-corrected chi connectivity index (χ3v) is 3.93.